The molecule has 0 saturated heterocycles. The van der Waals surface area contributed by atoms with Crippen molar-refractivity contribution in [1.82, 2.24) is 10.2 Å². The van der Waals surface area contributed by atoms with Crippen LogP contribution in [0.3, 0.4) is 0 Å². The maximum atomic E-state index is 11.0. The third-order valence-corrected chi connectivity index (χ3v) is 3.24. The van der Waals surface area contributed by atoms with Gasteiger partial charge in [0.05, 0.1) is 0 Å². The first-order chi connectivity index (χ1) is 7.50. The molecule has 1 unspecified atom stereocenters. The molecule has 0 saturated carbocycles. The molecular formula is C12H26N2O2. The van der Waals surface area contributed by atoms with Crippen molar-refractivity contribution >= 4 is 5.97 Å². The molecule has 0 heterocycles. The maximum absolute atomic E-state index is 11.0. The lowest BCUT2D eigenvalue weighted by molar-refractivity contribution is -0.144. The van der Waals surface area contributed by atoms with E-state index in [0.717, 1.165) is 32.6 Å². The summed E-state index contributed by atoms with van der Waals surface area (Å²) in [4.78, 5) is 13.4. The van der Waals surface area contributed by atoms with Gasteiger partial charge >= 0.3 is 5.97 Å². The van der Waals surface area contributed by atoms with Crippen LogP contribution in [-0.2, 0) is 4.79 Å². The van der Waals surface area contributed by atoms with Crippen LogP contribution in [0.5, 0.6) is 0 Å². The van der Waals surface area contributed by atoms with Crippen LogP contribution in [0, 0.1) is 0 Å². The Morgan fingerprint density at radius 3 is 2.25 bits per heavy atom. The summed E-state index contributed by atoms with van der Waals surface area (Å²) in [5.74, 6) is -0.766. The smallest absolute Gasteiger partial charge is 0.323 e. The normalized spacial score (nSPS) is 15.1. The molecule has 0 rings (SSSR count). The zero-order valence-corrected chi connectivity index (χ0v) is 11.0. The fourth-order valence-electron chi connectivity index (χ4n) is 1.56. The molecule has 0 spiro atoms. The third-order valence-electron chi connectivity index (χ3n) is 3.24. The first-order valence-corrected chi connectivity index (χ1v) is 6.20. The van der Waals surface area contributed by atoms with Crippen LogP contribution in [0.4, 0.5) is 0 Å². The SMILES string of the molecule is CCN(CC)CCCNC(C)(CC)C(=O)O. The van der Waals surface area contributed by atoms with E-state index in [2.05, 4.69) is 24.1 Å². The highest BCUT2D eigenvalue weighted by molar-refractivity contribution is 5.78. The monoisotopic (exact) mass is 230 g/mol. The van der Waals surface area contributed by atoms with Crippen LogP contribution in [0.15, 0.2) is 0 Å². The fourth-order valence-corrected chi connectivity index (χ4v) is 1.56. The molecule has 0 bridgehead atoms. The Balaban J connectivity index is 3.84. The largest absolute Gasteiger partial charge is 0.480 e. The molecule has 0 aliphatic rings. The van der Waals surface area contributed by atoms with E-state index < -0.39 is 11.5 Å². The van der Waals surface area contributed by atoms with Gasteiger partial charge < -0.3 is 15.3 Å². The number of nitrogens with zero attached hydrogens (tertiary/aromatic N) is 1. The maximum Gasteiger partial charge on any atom is 0.323 e. The zero-order chi connectivity index (χ0) is 12.6. The predicted molar refractivity (Wildman–Crippen MR) is 66.7 cm³/mol. The summed E-state index contributed by atoms with van der Waals surface area (Å²) in [5, 5.41) is 12.2. The Hall–Kier alpha value is -0.610. The second-order valence-corrected chi connectivity index (χ2v) is 4.30. The first kappa shape index (κ1) is 15.4. The van der Waals surface area contributed by atoms with Gasteiger partial charge in [0.25, 0.3) is 0 Å². The van der Waals surface area contributed by atoms with Crippen LogP contribution in [0.2, 0.25) is 0 Å². The lowest BCUT2D eigenvalue weighted by Crippen LogP contribution is -2.49. The number of carboxylic acid groups (broad SMARTS) is 1. The number of carbonyl (C=O) groups is 1. The Morgan fingerprint density at radius 1 is 1.31 bits per heavy atom. The first-order valence-electron chi connectivity index (χ1n) is 6.20. The minimum Gasteiger partial charge on any atom is -0.480 e. The zero-order valence-electron chi connectivity index (χ0n) is 11.0. The van der Waals surface area contributed by atoms with Crippen molar-refractivity contribution in [3.63, 3.8) is 0 Å². The highest BCUT2D eigenvalue weighted by Gasteiger charge is 2.29. The van der Waals surface area contributed by atoms with Gasteiger partial charge in [0, 0.05) is 0 Å². The summed E-state index contributed by atoms with van der Waals surface area (Å²) >= 11 is 0. The van der Waals surface area contributed by atoms with Crippen molar-refractivity contribution in [2.24, 2.45) is 0 Å². The second kappa shape index (κ2) is 7.63. The van der Waals surface area contributed by atoms with E-state index in [1.165, 1.54) is 0 Å². The number of rotatable bonds is 9. The average molecular weight is 230 g/mol. The Kier molecular flexibility index (Phi) is 7.34. The van der Waals surface area contributed by atoms with Crippen LogP contribution in [0.1, 0.15) is 40.5 Å². The van der Waals surface area contributed by atoms with Gasteiger partial charge in [0.15, 0.2) is 0 Å². The van der Waals surface area contributed by atoms with Crippen LogP contribution < -0.4 is 5.32 Å². The summed E-state index contributed by atoms with van der Waals surface area (Å²) in [6.07, 6.45) is 1.60. The molecule has 0 aromatic carbocycles. The lowest BCUT2D eigenvalue weighted by Gasteiger charge is -2.25. The number of hydrogen-bond donors (Lipinski definition) is 2. The molecule has 0 aliphatic heterocycles. The van der Waals surface area contributed by atoms with Gasteiger partial charge in [0.1, 0.15) is 5.54 Å². The highest BCUT2D eigenvalue weighted by Crippen LogP contribution is 2.08. The topological polar surface area (TPSA) is 52.6 Å². The van der Waals surface area contributed by atoms with E-state index >= 15 is 0 Å². The summed E-state index contributed by atoms with van der Waals surface area (Å²) in [6, 6.07) is 0. The van der Waals surface area contributed by atoms with Crippen LogP contribution in [0.25, 0.3) is 0 Å². The molecule has 4 nitrogen and oxygen atoms in total. The van der Waals surface area contributed by atoms with Crippen molar-refractivity contribution in [3.05, 3.63) is 0 Å². The van der Waals surface area contributed by atoms with E-state index in [1.54, 1.807) is 6.92 Å². The van der Waals surface area contributed by atoms with Gasteiger partial charge in [-0.05, 0) is 45.9 Å². The number of hydrogen-bond acceptors (Lipinski definition) is 3. The summed E-state index contributed by atoms with van der Waals surface area (Å²) in [6.45, 7) is 11.8. The van der Waals surface area contributed by atoms with Gasteiger partial charge in [-0.25, -0.2) is 0 Å². The fraction of sp³-hybridized carbons (Fsp3) is 0.917. The predicted octanol–water partition coefficient (Wildman–Crippen LogP) is 1.56. The minimum atomic E-state index is -0.775. The molecule has 0 aliphatic carbocycles. The second-order valence-electron chi connectivity index (χ2n) is 4.30. The molecule has 0 aromatic rings. The van der Waals surface area contributed by atoms with Crippen molar-refractivity contribution < 1.29 is 9.90 Å². The highest BCUT2D eigenvalue weighted by atomic mass is 16.4. The van der Waals surface area contributed by atoms with E-state index in [4.69, 9.17) is 5.11 Å². The molecule has 96 valence electrons. The van der Waals surface area contributed by atoms with Crippen molar-refractivity contribution in [3.8, 4) is 0 Å². The summed E-state index contributed by atoms with van der Waals surface area (Å²) < 4.78 is 0. The molecule has 0 fully saturated rings. The molecule has 4 heteroatoms. The van der Waals surface area contributed by atoms with Crippen LogP contribution >= 0.6 is 0 Å². The molecule has 0 aromatic heterocycles. The van der Waals surface area contributed by atoms with Crippen molar-refractivity contribution in [2.75, 3.05) is 26.2 Å². The van der Waals surface area contributed by atoms with Crippen LogP contribution in [-0.4, -0.2) is 47.7 Å². The number of carboxylic acids is 1. The van der Waals surface area contributed by atoms with E-state index in [-0.39, 0.29) is 0 Å². The van der Waals surface area contributed by atoms with E-state index in [9.17, 15) is 4.79 Å². The molecule has 0 radical (unpaired) electrons. The Morgan fingerprint density at radius 2 is 1.88 bits per heavy atom. The molecule has 16 heavy (non-hydrogen) atoms. The molecular weight excluding hydrogens is 204 g/mol. The Bertz CT molecular complexity index is 205. The minimum absolute atomic E-state index is 0.605. The number of nitrogens with one attached hydrogen (secondary N) is 1. The molecule has 2 N–H and O–H groups in total. The average Bonchev–Trinajstić information content (AvgIpc) is 2.28. The van der Waals surface area contributed by atoms with Gasteiger partial charge in [-0.1, -0.05) is 20.8 Å². The quantitative estimate of drug-likeness (QED) is 0.590. The van der Waals surface area contributed by atoms with E-state index in [0.29, 0.717) is 6.42 Å². The van der Waals surface area contributed by atoms with Crippen molar-refractivity contribution in [2.45, 2.75) is 46.1 Å². The van der Waals surface area contributed by atoms with E-state index in [1.807, 2.05) is 6.92 Å². The van der Waals surface area contributed by atoms with Gasteiger partial charge in [0.2, 0.25) is 0 Å². The summed E-state index contributed by atoms with van der Waals surface area (Å²) in [7, 11) is 0. The summed E-state index contributed by atoms with van der Waals surface area (Å²) in [5.41, 5.74) is -0.775. The number of aliphatic carboxylic acids is 1. The molecule has 0 amide bonds. The molecule has 1 atom stereocenters. The van der Waals surface area contributed by atoms with Crippen molar-refractivity contribution in [1.29, 1.82) is 0 Å². The lowest BCUT2D eigenvalue weighted by atomic mass is 9.99. The van der Waals surface area contributed by atoms with Gasteiger partial charge in [-0.3, -0.25) is 4.79 Å². The standard InChI is InChI=1S/C12H26N2O2/c1-5-12(4,11(15)16)13-9-8-10-14(6-2)7-3/h13H,5-10H2,1-4H3,(H,15,16). The van der Waals surface area contributed by atoms with Gasteiger partial charge in [-0.15, -0.1) is 0 Å². The third kappa shape index (κ3) is 4.94. The Labute approximate surface area is 99.0 Å². The van der Waals surface area contributed by atoms with Gasteiger partial charge in [-0.2, -0.15) is 0 Å².